The minimum Gasteiger partial charge on any atom is -0.302 e. The Balaban J connectivity index is 2.18. The van der Waals surface area contributed by atoms with Crippen molar-refractivity contribution in [2.75, 3.05) is 11.5 Å². The van der Waals surface area contributed by atoms with E-state index >= 15 is 0 Å². The Morgan fingerprint density at radius 2 is 2.44 bits per heavy atom. The van der Waals surface area contributed by atoms with Crippen LogP contribution in [0.25, 0.3) is 5.52 Å². The van der Waals surface area contributed by atoms with Crippen LogP contribution in [-0.2, 0) is 0 Å². The molecule has 4 heteroatoms. The number of pyridine rings is 1. The van der Waals surface area contributed by atoms with Gasteiger partial charge in [-0.2, -0.15) is 11.8 Å². The highest BCUT2D eigenvalue weighted by molar-refractivity contribution is 7.99. The summed E-state index contributed by atoms with van der Waals surface area (Å²) in [6.07, 6.45) is 3.30. The van der Waals surface area contributed by atoms with Gasteiger partial charge in [0.2, 0.25) is 0 Å². The summed E-state index contributed by atoms with van der Waals surface area (Å²) in [7, 11) is 0. The van der Waals surface area contributed by atoms with Crippen molar-refractivity contribution in [3.63, 3.8) is 0 Å². The third kappa shape index (κ3) is 1.62. The van der Waals surface area contributed by atoms with Gasteiger partial charge in [-0.05, 0) is 36.8 Å². The summed E-state index contributed by atoms with van der Waals surface area (Å²) in [6.45, 7) is 2.08. The largest absolute Gasteiger partial charge is 0.302 e. The molecule has 0 N–H and O–H groups in total. The molecule has 0 saturated carbocycles. The van der Waals surface area contributed by atoms with E-state index in [0.29, 0.717) is 11.1 Å². The summed E-state index contributed by atoms with van der Waals surface area (Å²) in [5, 5.41) is 0.635. The van der Waals surface area contributed by atoms with Gasteiger partial charge in [0.05, 0.1) is 5.52 Å². The number of thioether (sulfide) groups is 1. The lowest BCUT2D eigenvalue weighted by Crippen LogP contribution is -2.02. The SMILES string of the molecule is Cc1ccn2c(C3CCSC3)nc(Cl)c2c1. The molecule has 0 bridgehead atoms. The second kappa shape index (κ2) is 3.97. The maximum Gasteiger partial charge on any atom is 0.155 e. The molecule has 0 spiro atoms. The maximum absolute atomic E-state index is 6.19. The van der Waals surface area contributed by atoms with Crippen molar-refractivity contribution in [2.45, 2.75) is 19.3 Å². The molecule has 0 amide bonds. The Morgan fingerprint density at radius 1 is 1.56 bits per heavy atom. The molecule has 1 aliphatic heterocycles. The van der Waals surface area contributed by atoms with Gasteiger partial charge in [-0.25, -0.2) is 4.98 Å². The molecular weight excluding hydrogens is 240 g/mol. The van der Waals surface area contributed by atoms with E-state index in [4.69, 9.17) is 11.6 Å². The van der Waals surface area contributed by atoms with Gasteiger partial charge < -0.3 is 4.40 Å². The molecule has 1 atom stereocenters. The summed E-state index contributed by atoms with van der Waals surface area (Å²) in [4.78, 5) is 4.53. The minimum atomic E-state index is 0.563. The Hall–Kier alpha value is -0.670. The lowest BCUT2D eigenvalue weighted by molar-refractivity contribution is 0.713. The third-order valence-electron chi connectivity index (χ3n) is 3.08. The first-order valence-electron chi connectivity index (χ1n) is 5.47. The molecule has 3 heterocycles. The third-order valence-corrected chi connectivity index (χ3v) is 4.52. The highest BCUT2D eigenvalue weighted by atomic mass is 35.5. The zero-order valence-electron chi connectivity index (χ0n) is 9.11. The Labute approximate surface area is 104 Å². The highest BCUT2D eigenvalue weighted by Crippen LogP contribution is 2.33. The van der Waals surface area contributed by atoms with Crippen molar-refractivity contribution < 1.29 is 0 Å². The molecule has 0 aromatic carbocycles. The molecule has 3 rings (SSSR count). The standard InChI is InChI=1S/C12H13ClN2S/c1-8-2-4-15-10(6-8)11(13)14-12(15)9-3-5-16-7-9/h2,4,6,9H,3,5,7H2,1H3. The average molecular weight is 253 g/mol. The monoisotopic (exact) mass is 252 g/mol. The van der Waals surface area contributed by atoms with Gasteiger partial charge in [-0.15, -0.1) is 0 Å². The van der Waals surface area contributed by atoms with Crippen molar-refractivity contribution in [2.24, 2.45) is 0 Å². The number of hydrogen-bond donors (Lipinski definition) is 0. The van der Waals surface area contributed by atoms with Gasteiger partial charge in [-0.3, -0.25) is 0 Å². The molecule has 1 aliphatic rings. The van der Waals surface area contributed by atoms with Crippen LogP contribution in [0, 0.1) is 6.92 Å². The van der Waals surface area contributed by atoms with Crippen LogP contribution in [0.2, 0.25) is 5.15 Å². The highest BCUT2D eigenvalue weighted by Gasteiger charge is 2.23. The molecule has 16 heavy (non-hydrogen) atoms. The van der Waals surface area contributed by atoms with Crippen LogP contribution in [0.3, 0.4) is 0 Å². The van der Waals surface area contributed by atoms with Crippen LogP contribution < -0.4 is 0 Å². The lowest BCUT2D eigenvalue weighted by Gasteiger charge is -2.06. The number of nitrogens with zero attached hydrogens (tertiary/aromatic N) is 2. The van der Waals surface area contributed by atoms with E-state index in [2.05, 4.69) is 34.6 Å². The number of aromatic nitrogens is 2. The van der Waals surface area contributed by atoms with Crippen molar-refractivity contribution in [3.05, 3.63) is 34.9 Å². The summed E-state index contributed by atoms with van der Waals surface area (Å²) >= 11 is 8.19. The number of fused-ring (bicyclic) bond motifs is 1. The van der Waals surface area contributed by atoms with Gasteiger partial charge in [0.15, 0.2) is 5.15 Å². The molecule has 1 unspecified atom stereocenters. The van der Waals surface area contributed by atoms with Gasteiger partial charge in [-0.1, -0.05) is 11.6 Å². The first kappa shape index (κ1) is 10.5. The van der Waals surface area contributed by atoms with Crippen LogP contribution >= 0.6 is 23.4 Å². The van der Waals surface area contributed by atoms with E-state index < -0.39 is 0 Å². The number of imidazole rings is 1. The number of rotatable bonds is 1. The number of halogens is 1. The zero-order valence-corrected chi connectivity index (χ0v) is 10.7. The first-order valence-corrected chi connectivity index (χ1v) is 7.01. The molecule has 2 aromatic rings. The fourth-order valence-electron chi connectivity index (χ4n) is 2.20. The molecule has 2 aromatic heterocycles. The number of aryl methyl sites for hydroxylation is 1. The summed E-state index contributed by atoms with van der Waals surface area (Å²) in [6, 6.07) is 4.21. The Kier molecular flexibility index (Phi) is 2.60. The fourth-order valence-corrected chi connectivity index (χ4v) is 3.65. The zero-order chi connectivity index (χ0) is 11.1. The average Bonchev–Trinajstić information content (AvgIpc) is 2.87. The maximum atomic E-state index is 6.19. The van der Waals surface area contributed by atoms with E-state index in [1.807, 2.05) is 11.8 Å². The predicted octanol–water partition coefficient (Wildman–Crippen LogP) is 3.52. The summed E-state index contributed by atoms with van der Waals surface area (Å²) in [5.74, 6) is 4.10. The van der Waals surface area contributed by atoms with Crippen molar-refractivity contribution in [1.82, 2.24) is 9.38 Å². The topological polar surface area (TPSA) is 17.3 Å². The Morgan fingerprint density at radius 3 is 3.19 bits per heavy atom. The van der Waals surface area contributed by atoms with Crippen LogP contribution in [0.15, 0.2) is 18.3 Å². The van der Waals surface area contributed by atoms with Crippen LogP contribution in [0.5, 0.6) is 0 Å². The minimum absolute atomic E-state index is 0.563. The molecule has 0 aliphatic carbocycles. The number of hydrogen-bond acceptors (Lipinski definition) is 2. The lowest BCUT2D eigenvalue weighted by atomic mass is 10.1. The molecular formula is C12H13ClN2S. The van der Waals surface area contributed by atoms with Crippen molar-refractivity contribution in [1.29, 1.82) is 0 Å². The first-order chi connectivity index (χ1) is 7.75. The van der Waals surface area contributed by atoms with E-state index in [9.17, 15) is 0 Å². The van der Waals surface area contributed by atoms with Gasteiger partial charge in [0.25, 0.3) is 0 Å². The van der Waals surface area contributed by atoms with Crippen LogP contribution in [-0.4, -0.2) is 20.9 Å². The van der Waals surface area contributed by atoms with E-state index in [1.54, 1.807) is 0 Å². The Bertz CT molecular complexity index is 529. The second-order valence-electron chi connectivity index (χ2n) is 4.28. The predicted molar refractivity (Wildman–Crippen MR) is 69.6 cm³/mol. The van der Waals surface area contributed by atoms with E-state index in [1.165, 1.54) is 23.5 Å². The summed E-state index contributed by atoms with van der Waals surface area (Å²) in [5.41, 5.74) is 2.26. The van der Waals surface area contributed by atoms with Crippen LogP contribution in [0.4, 0.5) is 0 Å². The molecule has 0 radical (unpaired) electrons. The summed E-state index contributed by atoms with van der Waals surface area (Å²) < 4.78 is 2.14. The molecule has 1 saturated heterocycles. The van der Waals surface area contributed by atoms with E-state index in [0.717, 1.165) is 11.3 Å². The van der Waals surface area contributed by atoms with Crippen molar-refractivity contribution >= 4 is 28.9 Å². The fraction of sp³-hybridized carbons (Fsp3) is 0.417. The molecule has 84 valence electrons. The normalized spacial score (nSPS) is 20.8. The molecule has 2 nitrogen and oxygen atoms in total. The van der Waals surface area contributed by atoms with Gasteiger partial charge >= 0.3 is 0 Å². The van der Waals surface area contributed by atoms with Gasteiger partial charge in [0.1, 0.15) is 5.82 Å². The second-order valence-corrected chi connectivity index (χ2v) is 5.79. The quantitative estimate of drug-likeness (QED) is 0.773. The smallest absolute Gasteiger partial charge is 0.155 e. The van der Waals surface area contributed by atoms with E-state index in [-0.39, 0.29) is 0 Å². The van der Waals surface area contributed by atoms with Crippen LogP contribution in [0.1, 0.15) is 23.7 Å². The molecule has 1 fully saturated rings. The van der Waals surface area contributed by atoms with Gasteiger partial charge in [0, 0.05) is 17.9 Å². The van der Waals surface area contributed by atoms with Crippen molar-refractivity contribution in [3.8, 4) is 0 Å².